The van der Waals surface area contributed by atoms with E-state index in [-0.39, 0.29) is 5.41 Å². The smallest absolute Gasteiger partial charge is 0.0704 e. The first-order valence-electron chi connectivity index (χ1n) is 6.89. The molecule has 19 heavy (non-hydrogen) atoms. The molecule has 0 saturated carbocycles. The van der Waals surface area contributed by atoms with Gasteiger partial charge in [0.2, 0.25) is 0 Å². The van der Waals surface area contributed by atoms with Crippen molar-refractivity contribution < 1.29 is 0 Å². The molecule has 0 fully saturated rings. The Bertz CT molecular complexity index is 739. The molecule has 0 saturated heterocycles. The fourth-order valence-corrected chi connectivity index (χ4v) is 3.71. The lowest BCUT2D eigenvalue weighted by Crippen LogP contribution is -2.26. The summed E-state index contributed by atoms with van der Waals surface area (Å²) in [4.78, 5) is 4.98. The highest BCUT2D eigenvalue weighted by Gasteiger charge is 2.45. The molecule has 0 radical (unpaired) electrons. The van der Waals surface area contributed by atoms with Crippen molar-refractivity contribution in [1.82, 2.24) is 0 Å². The van der Waals surface area contributed by atoms with E-state index >= 15 is 0 Å². The van der Waals surface area contributed by atoms with Crippen LogP contribution in [0.25, 0.3) is 0 Å². The first-order valence-corrected chi connectivity index (χ1v) is 6.89. The molecule has 2 aliphatic rings. The van der Waals surface area contributed by atoms with Crippen molar-refractivity contribution in [3.05, 3.63) is 64.2 Å². The number of fused-ring (bicyclic) bond motifs is 5. The highest BCUT2D eigenvalue weighted by Crippen LogP contribution is 2.50. The van der Waals surface area contributed by atoms with Crippen LogP contribution in [0.4, 0.5) is 5.69 Å². The fourth-order valence-electron chi connectivity index (χ4n) is 3.71. The van der Waals surface area contributed by atoms with E-state index < -0.39 is 0 Å². The predicted molar refractivity (Wildman–Crippen MR) is 79.6 cm³/mol. The Labute approximate surface area is 114 Å². The molecule has 1 heterocycles. The van der Waals surface area contributed by atoms with Crippen LogP contribution in [-0.4, -0.2) is 5.71 Å². The van der Waals surface area contributed by atoms with Crippen LogP contribution in [0.5, 0.6) is 0 Å². The van der Waals surface area contributed by atoms with Crippen LogP contribution in [0.15, 0.2) is 41.4 Å². The minimum atomic E-state index is 0.0792. The van der Waals surface area contributed by atoms with Crippen LogP contribution in [0.1, 0.15) is 34.7 Å². The van der Waals surface area contributed by atoms with E-state index in [1.807, 2.05) is 0 Å². The number of hydrogen-bond donors (Lipinski definition) is 0. The van der Waals surface area contributed by atoms with Crippen molar-refractivity contribution >= 4 is 11.4 Å². The van der Waals surface area contributed by atoms with E-state index in [0.29, 0.717) is 0 Å². The maximum atomic E-state index is 4.98. The highest BCUT2D eigenvalue weighted by molar-refractivity contribution is 6.16. The Balaban J connectivity index is 2.02. The standard InChI is InChI=1S/C18H17N/c1-11-8-12(2)16-15(9-11)18(3)10-13-6-4-5-7-14(13)17(18)19-16/h4-9H,10H2,1-3H3. The zero-order valence-corrected chi connectivity index (χ0v) is 11.6. The highest BCUT2D eigenvalue weighted by atomic mass is 14.8. The molecule has 4 rings (SSSR count). The summed E-state index contributed by atoms with van der Waals surface area (Å²) in [6, 6.07) is 13.3. The van der Waals surface area contributed by atoms with Gasteiger partial charge in [-0.15, -0.1) is 0 Å². The van der Waals surface area contributed by atoms with E-state index in [1.54, 1.807) is 0 Å². The van der Waals surface area contributed by atoms with E-state index in [2.05, 4.69) is 57.2 Å². The SMILES string of the molecule is Cc1cc(C)c2c(c1)C1(C)Cc3ccccc3C1=N2. The Kier molecular flexibility index (Phi) is 1.94. The molecular weight excluding hydrogens is 230 g/mol. The minimum absolute atomic E-state index is 0.0792. The van der Waals surface area contributed by atoms with Gasteiger partial charge < -0.3 is 0 Å². The molecule has 0 amide bonds. The van der Waals surface area contributed by atoms with Crippen LogP contribution < -0.4 is 0 Å². The first kappa shape index (κ1) is 11.0. The van der Waals surface area contributed by atoms with Gasteiger partial charge >= 0.3 is 0 Å². The van der Waals surface area contributed by atoms with E-state index in [0.717, 1.165) is 6.42 Å². The Morgan fingerprint density at radius 3 is 2.74 bits per heavy atom. The van der Waals surface area contributed by atoms with Crippen molar-refractivity contribution in [3.63, 3.8) is 0 Å². The zero-order chi connectivity index (χ0) is 13.2. The van der Waals surface area contributed by atoms with Gasteiger partial charge in [-0.05, 0) is 43.9 Å². The lowest BCUT2D eigenvalue weighted by molar-refractivity contribution is 0.670. The summed E-state index contributed by atoms with van der Waals surface area (Å²) in [6.07, 6.45) is 1.08. The van der Waals surface area contributed by atoms with Gasteiger partial charge in [0.25, 0.3) is 0 Å². The van der Waals surface area contributed by atoms with Crippen LogP contribution in [-0.2, 0) is 11.8 Å². The predicted octanol–water partition coefficient (Wildman–Crippen LogP) is 4.25. The normalized spacial score (nSPS) is 22.8. The molecule has 1 heteroatoms. The molecule has 0 spiro atoms. The van der Waals surface area contributed by atoms with Gasteiger partial charge in [-0.25, -0.2) is 0 Å². The van der Waals surface area contributed by atoms with Gasteiger partial charge in [0.1, 0.15) is 0 Å². The van der Waals surface area contributed by atoms with Crippen molar-refractivity contribution in [2.45, 2.75) is 32.6 Å². The first-order chi connectivity index (χ1) is 9.09. The maximum Gasteiger partial charge on any atom is 0.0704 e. The monoisotopic (exact) mass is 247 g/mol. The van der Waals surface area contributed by atoms with Gasteiger partial charge in [0, 0.05) is 11.0 Å². The van der Waals surface area contributed by atoms with Crippen LogP contribution in [0.2, 0.25) is 0 Å². The second-order valence-corrected chi connectivity index (χ2v) is 6.10. The van der Waals surface area contributed by atoms with Crippen molar-refractivity contribution in [2.24, 2.45) is 4.99 Å². The molecule has 1 unspecified atom stereocenters. The summed E-state index contributed by atoms with van der Waals surface area (Å²) >= 11 is 0. The largest absolute Gasteiger partial charge is 0.251 e. The number of nitrogens with zero attached hydrogens (tertiary/aromatic N) is 1. The van der Waals surface area contributed by atoms with E-state index in [9.17, 15) is 0 Å². The quantitative estimate of drug-likeness (QED) is 0.660. The second-order valence-electron chi connectivity index (χ2n) is 6.10. The van der Waals surface area contributed by atoms with Crippen molar-refractivity contribution in [2.75, 3.05) is 0 Å². The van der Waals surface area contributed by atoms with Crippen LogP contribution in [0.3, 0.4) is 0 Å². The summed E-state index contributed by atoms with van der Waals surface area (Å²) in [6.45, 7) is 6.69. The summed E-state index contributed by atoms with van der Waals surface area (Å²) in [5, 5.41) is 0. The molecule has 1 aliphatic carbocycles. The Morgan fingerprint density at radius 2 is 1.89 bits per heavy atom. The van der Waals surface area contributed by atoms with Crippen molar-refractivity contribution in [1.29, 1.82) is 0 Å². The summed E-state index contributed by atoms with van der Waals surface area (Å²) < 4.78 is 0. The van der Waals surface area contributed by atoms with Gasteiger partial charge in [-0.3, -0.25) is 4.99 Å². The Morgan fingerprint density at radius 1 is 1.11 bits per heavy atom. The molecule has 1 aliphatic heterocycles. The van der Waals surface area contributed by atoms with Crippen LogP contribution >= 0.6 is 0 Å². The summed E-state index contributed by atoms with van der Waals surface area (Å²) in [5.74, 6) is 0. The third-order valence-corrected chi connectivity index (χ3v) is 4.60. The molecule has 2 aromatic carbocycles. The minimum Gasteiger partial charge on any atom is -0.251 e. The maximum absolute atomic E-state index is 4.98. The van der Waals surface area contributed by atoms with Gasteiger partial charge in [0.15, 0.2) is 0 Å². The molecule has 0 N–H and O–H groups in total. The molecule has 0 aromatic heterocycles. The van der Waals surface area contributed by atoms with Gasteiger partial charge in [0.05, 0.1) is 11.4 Å². The Hall–Kier alpha value is -1.89. The third kappa shape index (κ3) is 1.28. The average Bonchev–Trinajstić information content (AvgIpc) is 2.80. The van der Waals surface area contributed by atoms with Crippen molar-refractivity contribution in [3.8, 4) is 0 Å². The lowest BCUT2D eigenvalue weighted by Gasteiger charge is -2.21. The molecular formula is C18H17N. The number of benzene rings is 2. The summed E-state index contributed by atoms with van der Waals surface area (Å²) in [5.41, 5.74) is 9.39. The van der Waals surface area contributed by atoms with Gasteiger partial charge in [-0.2, -0.15) is 0 Å². The van der Waals surface area contributed by atoms with E-state index in [1.165, 1.54) is 39.2 Å². The molecule has 1 atom stereocenters. The summed E-state index contributed by atoms with van der Waals surface area (Å²) in [7, 11) is 0. The van der Waals surface area contributed by atoms with Gasteiger partial charge in [-0.1, -0.05) is 42.0 Å². The average molecular weight is 247 g/mol. The fraction of sp³-hybridized carbons (Fsp3) is 0.278. The molecule has 1 nitrogen and oxygen atoms in total. The molecule has 2 aromatic rings. The number of rotatable bonds is 0. The lowest BCUT2D eigenvalue weighted by atomic mass is 9.79. The molecule has 0 bridgehead atoms. The third-order valence-electron chi connectivity index (χ3n) is 4.60. The number of hydrogen-bond acceptors (Lipinski definition) is 1. The second kappa shape index (κ2) is 3.36. The molecule has 94 valence electrons. The number of aliphatic imine (C=N–C) groups is 1. The topological polar surface area (TPSA) is 12.4 Å². The zero-order valence-electron chi connectivity index (χ0n) is 11.6. The number of aryl methyl sites for hydroxylation is 2. The van der Waals surface area contributed by atoms with E-state index in [4.69, 9.17) is 4.99 Å². The van der Waals surface area contributed by atoms with Crippen LogP contribution in [0, 0.1) is 13.8 Å².